The van der Waals surface area contributed by atoms with Crippen LogP contribution in [0.5, 0.6) is 0 Å². The van der Waals surface area contributed by atoms with E-state index in [1.807, 2.05) is 6.07 Å². The number of pyridine rings is 2. The summed E-state index contributed by atoms with van der Waals surface area (Å²) in [6.45, 7) is 8.56. The van der Waals surface area contributed by atoms with Crippen LogP contribution in [-0.2, 0) is 16.0 Å². The van der Waals surface area contributed by atoms with Gasteiger partial charge in [-0.25, -0.2) is 4.79 Å². The number of esters is 1. The Labute approximate surface area is 152 Å². The van der Waals surface area contributed by atoms with E-state index in [-0.39, 0.29) is 5.56 Å². The second-order valence-electron chi connectivity index (χ2n) is 6.56. The zero-order valence-corrected chi connectivity index (χ0v) is 15.6. The van der Waals surface area contributed by atoms with Gasteiger partial charge >= 0.3 is 5.97 Å². The van der Waals surface area contributed by atoms with E-state index in [1.54, 1.807) is 24.6 Å². The lowest BCUT2D eigenvalue weighted by Gasteiger charge is -2.26. The van der Waals surface area contributed by atoms with Gasteiger partial charge in [-0.15, -0.1) is 0 Å². The van der Waals surface area contributed by atoms with Crippen molar-refractivity contribution in [1.29, 1.82) is 0 Å². The molecular weight excluding hydrogens is 334 g/mol. The standard InChI is InChI=1S/C19H25N3O4/c1-13-16-15(17(14(2)20-13)19(24)25-3)5-8-22(18(16)23)7-4-6-21-9-11-26-12-10-21/h5,8H,4,6-7,9-12H2,1-3H3. The highest BCUT2D eigenvalue weighted by molar-refractivity contribution is 6.05. The van der Waals surface area contributed by atoms with Crippen molar-refractivity contribution >= 4 is 16.7 Å². The van der Waals surface area contributed by atoms with Crippen molar-refractivity contribution in [2.24, 2.45) is 0 Å². The first-order chi connectivity index (χ1) is 12.5. The third kappa shape index (κ3) is 3.64. The average molecular weight is 359 g/mol. The molecule has 0 atom stereocenters. The van der Waals surface area contributed by atoms with E-state index in [9.17, 15) is 9.59 Å². The Morgan fingerprint density at radius 3 is 2.65 bits per heavy atom. The molecule has 2 aromatic heterocycles. The van der Waals surface area contributed by atoms with Crippen LogP contribution in [0.1, 0.15) is 28.2 Å². The molecule has 0 aromatic carbocycles. The first kappa shape index (κ1) is 18.5. The molecule has 0 amide bonds. The van der Waals surface area contributed by atoms with Gasteiger partial charge in [-0.2, -0.15) is 0 Å². The number of morpholine rings is 1. The summed E-state index contributed by atoms with van der Waals surface area (Å²) in [5.74, 6) is -0.468. The highest BCUT2D eigenvalue weighted by Gasteiger charge is 2.19. The molecule has 1 aliphatic heterocycles. The molecule has 3 rings (SSSR count). The monoisotopic (exact) mass is 359 g/mol. The molecule has 7 nitrogen and oxygen atoms in total. The third-order valence-electron chi connectivity index (χ3n) is 4.86. The van der Waals surface area contributed by atoms with E-state index in [4.69, 9.17) is 9.47 Å². The summed E-state index contributed by atoms with van der Waals surface area (Å²) in [7, 11) is 1.33. The Bertz CT molecular complexity index is 869. The van der Waals surface area contributed by atoms with Gasteiger partial charge in [0.1, 0.15) is 0 Å². The van der Waals surface area contributed by atoms with Crippen LogP contribution < -0.4 is 5.56 Å². The normalized spacial score (nSPS) is 15.3. The zero-order valence-electron chi connectivity index (χ0n) is 15.6. The summed E-state index contributed by atoms with van der Waals surface area (Å²) in [6, 6.07) is 1.82. The Balaban J connectivity index is 1.88. The molecule has 0 aliphatic carbocycles. The van der Waals surface area contributed by atoms with Gasteiger partial charge in [0.15, 0.2) is 0 Å². The topological polar surface area (TPSA) is 73.7 Å². The molecule has 2 aromatic rings. The lowest BCUT2D eigenvalue weighted by Crippen LogP contribution is -2.37. The molecule has 1 saturated heterocycles. The molecule has 7 heteroatoms. The number of ether oxygens (including phenoxy) is 2. The van der Waals surface area contributed by atoms with Crippen LogP contribution in [0.25, 0.3) is 10.8 Å². The number of methoxy groups -OCH3 is 1. The lowest BCUT2D eigenvalue weighted by molar-refractivity contribution is 0.0369. The van der Waals surface area contributed by atoms with Crippen molar-refractivity contribution in [3.05, 3.63) is 39.6 Å². The van der Waals surface area contributed by atoms with E-state index in [2.05, 4.69) is 9.88 Å². The number of nitrogens with zero attached hydrogens (tertiary/aromatic N) is 3. The molecular formula is C19H25N3O4. The highest BCUT2D eigenvalue weighted by atomic mass is 16.5. The number of carbonyl (C=O) groups is 1. The van der Waals surface area contributed by atoms with E-state index < -0.39 is 5.97 Å². The number of carbonyl (C=O) groups excluding carboxylic acids is 1. The summed E-state index contributed by atoms with van der Waals surface area (Å²) in [4.78, 5) is 31.8. The van der Waals surface area contributed by atoms with Gasteiger partial charge in [-0.05, 0) is 26.3 Å². The van der Waals surface area contributed by atoms with Gasteiger partial charge in [-0.3, -0.25) is 14.7 Å². The summed E-state index contributed by atoms with van der Waals surface area (Å²) >= 11 is 0. The summed E-state index contributed by atoms with van der Waals surface area (Å²) in [5.41, 5.74) is 1.47. The van der Waals surface area contributed by atoms with Gasteiger partial charge in [-0.1, -0.05) is 0 Å². The fourth-order valence-corrected chi connectivity index (χ4v) is 3.52. The minimum atomic E-state index is -0.468. The number of aromatic nitrogens is 2. The van der Waals surface area contributed by atoms with Gasteiger partial charge in [0, 0.05) is 37.8 Å². The van der Waals surface area contributed by atoms with Crippen molar-refractivity contribution in [3.8, 4) is 0 Å². The third-order valence-corrected chi connectivity index (χ3v) is 4.86. The van der Waals surface area contributed by atoms with Crippen LogP contribution in [-0.4, -0.2) is 60.4 Å². The lowest BCUT2D eigenvalue weighted by atomic mass is 10.0. The summed E-state index contributed by atoms with van der Waals surface area (Å²) in [6.07, 6.45) is 2.64. The molecule has 0 unspecified atom stereocenters. The number of rotatable bonds is 5. The number of hydrogen-bond donors (Lipinski definition) is 0. The van der Waals surface area contributed by atoms with Crippen molar-refractivity contribution in [2.75, 3.05) is 40.0 Å². The number of aryl methyl sites for hydroxylation is 3. The first-order valence-corrected chi connectivity index (χ1v) is 8.91. The smallest absolute Gasteiger partial charge is 0.340 e. The van der Waals surface area contributed by atoms with Crippen LogP contribution in [0.2, 0.25) is 0 Å². The maximum atomic E-state index is 12.9. The van der Waals surface area contributed by atoms with Crippen LogP contribution >= 0.6 is 0 Å². The Morgan fingerprint density at radius 1 is 1.23 bits per heavy atom. The molecule has 0 radical (unpaired) electrons. The first-order valence-electron chi connectivity index (χ1n) is 8.91. The summed E-state index contributed by atoms with van der Waals surface area (Å²) < 4.78 is 11.9. The van der Waals surface area contributed by atoms with Crippen molar-refractivity contribution in [3.63, 3.8) is 0 Å². The largest absolute Gasteiger partial charge is 0.465 e. The Kier molecular flexibility index (Phi) is 5.68. The van der Waals surface area contributed by atoms with E-state index in [0.29, 0.717) is 34.3 Å². The molecule has 1 fully saturated rings. The maximum absolute atomic E-state index is 12.9. The van der Waals surface area contributed by atoms with Crippen LogP contribution in [0.3, 0.4) is 0 Å². The molecule has 0 spiro atoms. The highest BCUT2D eigenvalue weighted by Crippen LogP contribution is 2.21. The number of hydrogen-bond acceptors (Lipinski definition) is 6. The number of fused-ring (bicyclic) bond motifs is 1. The van der Waals surface area contributed by atoms with Crippen molar-refractivity contribution in [2.45, 2.75) is 26.8 Å². The van der Waals surface area contributed by atoms with Gasteiger partial charge in [0.25, 0.3) is 5.56 Å². The molecule has 26 heavy (non-hydrogen) atoms. The van der Waals surface area contributed by atoms with Crippen LogP contribution in [0.4, 0.5) is 0 Å². The van der Waals surface area contributed by atoms with Crippen LogP contribution in [0, 0.1) is 13.8 Å². The molecule has 0 bridgehead atoms. The predicted octanol–water partition coefficient (Wildman–Crippen LogP) is 1.52. The second-order valence-corrected chi connectivity index (χ2v) is 6.56. The minimum Gasteiger partial charge on any atom is -0.465 e. The van der Waals surface area contributed by atoms with Crippen molar-refractivity contribution in [1.82, 2.24) is 14.5 Å². The van der Waals surface area contributed by atoms with Gasteiger partial charge in [0.2, 0.25) is 0 Å². The van der Waals surface area contributed by atoms with E-state index in [1.165, 1.54) is 7.11 Å². The fourth-order valence-electron chi connectivity index (χ4n) is 3.52. The average Bonchev–Trinajstić information content (AvgIpc) is 2.63. The van der Waals surface area contributed by atoms with Gasteiger partial charge in [0.05, 0.1) is 42.7 Å². The molecule has 3 heterocycles. The Morgan fingerprint density at radius 2 is 1.96 bits per heavy atom. The maximum Gasteiger partial charge on any atom is 0.340 e. The molecule has 0 N–H and O–H groups in total. The quantitative estimate of drug-likeness (QED) is 0.754. The predicted molar refractivity (Wildman–Crippen MR) is 98.7 cm³/mol. The second kappa shape index (κ2) is 7.97. The van der Waals surface area contributed by atoms with Crippen molar-refractivity contribution < 1.29 is 14.3 Å². The molecule has 140 valence electrons. The zero-order chi connectivity index (χ0) is 18.7. The minimum absolute atomic E-state index is 0.111. The van der Waals surface area contributed by atoms with Gasteiger partial charge < -0.3 is 14.0 Å². The SMILES string of the molecule is COC(=O)c1c(C)nc(C)c2c(=O)n(CCCN3CCOCC3)ccc12. The van der Waals surface area contributed by atoms with E-state index in [0.717, 1.165) is 39.3 Å². The summed E-state index contributed by atoms with van der Waals surface area (Å²) in [5, 5.41) is 1.10. The molecule has 0 saturated carbocycles. The van der Waals surface area contributed by atoms with Crippen LogP contribution in [0.15, 0.2) is 17.1 Å². The fraction of sp³-hybridized carbons (Fsp3) is 0.526. The molecule has 1 aliphatic rings. The van der Waals surface area contributed by atoms with E-state index >= 15 is 0 Å². The Hall–Kier alpha value is -2.25.